The zero-order valence-electron chi connectivity index (χ0n) is 14.8. The highest BCUT2D eigenvalue weighted by atomic mass is 35.5. The van der Waals surface area contributed by atoms with Gasteiger partial charge in [-0.05, 0) is 42.8 Å². The van der Waals surface area contributed by atoms with E-state index < -0.39 is 44.0 Å². The van der Waals surface area contributed by atoms with Crippen molar-refractivity contribution in [3.05, 3.63) is 52.5 Å². The second-order valence-electron chi connectivity index (χ2n) is 6.03. The highest BCUT2D eigenvalue weighted by Gasteiger charge is 2.35. The number of hydrogen-bond donors (Lipinski definition) is 2. The Morgan fingerprint density at radius 3 is 2.36 bits per heavy atom. The zero-order valence-corrected chi connectivity index (χ0v) is 16.4. The molecule has 0 saturated heterocycles. The van der Waals surface area contributed by atoms with Gasteiger partial charge in [0.1, 0.15) is 0 Å². The first-order chi connectivity index (χ1) is 12.9. The fraction of sp³-hybridized carbons (Fsp3) is 0.278. The van der Waals surface area contributed by atoms with Gasteiger partial charge in [0.15, 0.2) is 9.84 Å². The van der Waals surface area contributed by atoms with Gasteiger partial charge < -0.3 is 10.4 Å². The van der Waals surface area contributed by atoms with Gasteiger partial charge in [0, 0.05) is 10.7 Å². The molecule has 2 N–H and O–H groups in total. The van der Waals surface area contributed by atoms with Crippen LogP contribution in [0.15, 0.2) is 41.3 Å². The van der Waals surface area contributed by atoms with E-state index in [2.05, 4.69) is 5.32 Å². The van der Waals surface area contributed by atoms with Crippen LogP contribution >= 0.6 is 11.6 Å². The van der Waals surface area contributed by atoms with E-state index in [0.717, 1.165) is 12.1 Å². The molecule has 0 saturated carbocycles. The summed E-state index contributed by atoms with van der Waals surface area (Å²) in [5.41, 5.74) is -1.28. The number of hydrogen-bond acceptors (Lipinski definition) is 4. The minimum absolute atomic E-state index is 0.0824. The molecule has 0 fully saturated rings. The number of benzene rings is 2. The van der Waals surface area contributed by atoms with E-state index in [1.54, 1.807) is 0 Å². The largest absolute Gasteiger partial charge is 0.481 e. The highest BCUT2D eigenvalue weighted by molar-refractivity contribution is 7.91. The molecule has 0 spiro atoms. The molecule has 1 atom stereocenters. The van der Waals surface area contributed by atoms with Crippen molar-refractivity contribution in [3.8, 4) is 0 Å². The summed E-state index contributed by atoms with van der Waals surface area (Å²) in [5, 5.41) is 12.0. The van der Waals surface area contributed by atoms with Crippen molar-refractivity contribution in [3.63, 3.8) is 0 Å². The molecule has 2 aromatic carbocycles. The molecule has 0 aliphatic rings. The fourth-order valence-corrected chi connectivity index (χ4v) is 3.60. The van der Waals surface area contributed by atoms with Gasteiger partial charge in [-0.25, -0.2) is 8.42 Å². The molecule has 28 heavy (non-hydrogen) atoms. The Hall–Kier alpha value is -2.26. The predicted octanol–water partition coefficient (Wildman–Crippen LogP) is 5.08. The SMILES string of the molecule is CCS(=O)(=O)c1ccc(Nc2cc(Cl)ccc2C(C)C(=O)O)c(C(F)(F)F)c1. The number of alkyl halides is 3. The van der Waals surface area contributed by atoms with Gasteiger partial charge in [-0.15, -0.1) is 0 Å². The van der Waals surface area contributed by atoms with E-state index in [-0.39, 0.29) is 22.0 Å². The number of carboxylic acid groups (broad SMARTS) is 1. The lowest BCUT2D eigenvalue weighted by molar-refractivity contribution is -0.138. The van der Waals surface area contributed by atoms with Gasteiger partial charge >= 0.3 is 12.1 Å². The lowest BCUT2D eigenvalue weighted by atomic mass is 9.99. The van der Waals surface area contributed by atoms with Crippen LogP contribution in [0.1, 0.15) is 30.9 Å². The van der Waals surface area contributed by atoms with Gasteiger partial charge in [-0.3, -0.25) is 4.79 Å². The third kappa shape index (κ3) is 4.77. The predicted molar refractivity (Wildman–Crippen MR) is 100.0 cm³/mol. The van der Waals surface area contributed by atoms with Gasteiger partial charge in [0.2, 0.25) is 0 Å². The van der Waals surface area contributed by atoms with Crippen LogP contribution in [0.3, 0.4) is 0 Å². The molecule has 0 bridgehead atoms. The topological polar surface area (TPSA) is 83.5 Å². The van der Waals surface area contributed by atoms with Crippen LogP contribution in [0.25, 0.3) is 0 Å². The van der Waals surface area contributed by atoms with Crippen molar-refractivity contribution in [2.24, 2.45) is 0 Å². The van der Waals surface area contributed by atoms with E-state index in [1.165, 1.54) is 32.0 Å². The molecular weight excluding hydrogens is 419 g/mol. The smallest absolute Gasteiger partial charge is 0.418 e. The van der Waals surface area contributed by atoms with Crippen LogP contribution in [-0.4, -0.2) is 25.2 Å². The maximum atomic E-state index is 13.5. The number of halogens is 4. The molecule has 0 aromatic heterocycles. The van der Waals surface area contributed by atoms with Crippen LogP contribution in [-0.2, 0) is 20.8 Å². The van der Waals surface area contributed by atoms with Crippen molar-refractivity contribution < 1.29 is 31.5 Å². The van der Waals surface area contributed by atoms with Crippen LogP contribution in [0.4, 0.5) is 24.5 Å². The number of rotatable bonds is 6. The summed E-state index contributed by atoms with van der Waals surface area (Å²) in [6, 6.07) is 6.79. The monoisotopic (exact) mass is 435 g/mol. The minimum Gasteiger partial charge on any atom is -0.481 e. The first kappa shape index (κ1) is 22.0. The summed E-state index contributed by atoms with van der Waals surface area (Å²) in [4.78, 5) is 10.8. The fourth-order valence-electron chi connectivity index (χ4n) is 2.52. The Balaban J connectivity index is 2.61. The summed E-state index contributed by atoms with van der Waals surface area (Å²) >= 11 is 5.91. The van der Waals surface area contributed by atoms with Crippen LogP contribution in [0, 0.1) is 0 Å². The van der Waals surface area contributed by atoms with Crippen molar-refractivity contribution in [2.75, 3.05) is 11.1 Å². The molecule has 152 valence electrons. The summed E-state index contributed by atoms with van der Waals surface area (Å²) < 4.78 is 64.5. The lowest BCUT2D eigenvalue weighted by Crippen LogP contribution is -2.14. The summed E-state index contributed by atoms with van der Waals surface area (Å²) in [5.74, 6) is -2.51. The standard InChI is InChI=1S/C18H17ClF3NO4S/c1-3-28(26,27)12-5-7-15(14(9-12)18(20,21)22)23-16-8-11(19)4-6-13(16)10(2)17(24)25/h4-10,23H,3H2,1-2H3,(H,24,25). The number of nitrogens with one attached hydrogen (secondary N) is 1. The molecule has 0 aliphatic carbocycles. The van der Waals surface area contributed by atoms with E-state index in [4.69, 9.17) is 11.6 Å². The highest BCUT2D eigenvalue weighted by Crippen LogP contribution is 2.39. The van der Waals surface area contributed by atoms with Crippen molar-refractivity contribution >= 4 is 38.8 Å². The molecule has 10 heteroatoms. The van der Waals surface area contributed by atoms with Crippen LogP contribution < -0.4 is 5.32 Å². The van der Waals surface area contributed by atoms with E-state index in [0.29, 0.717) is 6.07 Å². The quantitative estimate of drug-likeness (QED) is 0.660. The van der Waals surface area contributed by atoms with E-state index in [1.807, 2.05) is 0 Å². The summed E-state index contributed by atoms with van der Waals surface area (Å²) in [7, 11) is -3.84. The number of carbonyl (C=O) groups is 1. The van der Waals surface area contributed by atoms with E-state index in [9.17, 15) is 31.5 Å². The number of aliphatic carboxylic acids is 1. The van der Waals surface area contributed by atoms with Gasteiger partial charge in [-0.2, -0.15) is 13.2 Å². The Labute approximate surface area is 165 Å². The normalized spacial score (nSPS) is 13.2. The molecule has 0 radical (unpaired) electrons. The van der Waals surface area contributed by atoms with Gasteiger partial charge in [0.05, 0.1) is 27.8 Å². The van der Waals surface area contributed by atoms with Crippen LogP contribution in [0.2, 0.25) is 5.02 Å². The minimum atomic E-state index is -4.83. The third-order valence-corrected chi connectivity index (χ3v) is 6.12. The van der Waals surface area contributed by atoms with E-state index >= 15 is 0 Å². The maximum absolute atomic E-state index is 13.5. The number of sulfone groups is 1. The van der Waals surface area contributed by atoms with Crippen molar-refractivity contribution in [1.82, 2.24) is 0 Å². The van der Waals surface area contributed by atoms with Gasteiger partial charge in [-0.1, -0.05) is 24.6 Å². The molecular formula is C18H17ClF3NO4S. The molecule has 5 nitrogen and oxygen atoms in total. The number of anilines is 2. The van der Waals surface area contributed by atoms with Crippen molar-refractivity contribution in [2.45, 2.75) is 30.8 Å². The Bertz CT molecular complexity index is 1010. The average molecular weight is 436 g/mol. The molecule has 0 aliphatic heterocycles. The first-order valence-corrected chi connectivity index (χ1v) is 10.1. The molecule has 2 aromatic rings. The second-order valence-corrected chi connectivity index (χ2v) is 8.74. The Morgan fingerprint density at radius 1 is 1.18 bits per heavy atom. The summed E-state index contributed by atoms with van der Waals surface area (Å²) in [6.45, 7) is 2.72. The second kappa shape index (κ2) is 8.00. The summed E-state index contributed by atoms with van der Waals surface area (Å²) in [6.07, 6.45) is -4.83. The molecule has 0 heterocycles. The number of carboxylic acids is 1. The van der Waals surface area contributed by atoms with Crippen molar-refractivity contribution in [1.29, 1.82) is 0 Å². The molecule has 2 rings (SSSR count). The third-order valence-electron chi connectivity index (χ3n) is 4.16. The zero-order chi connectivity index (χ0) is 21.3. The molecule has 0 amide bonds. The van der Waals surface area contributed by atoms with Gasteiger partial charge in [0.25, 0.3) is 0 Å². The maximum Gasteiger partial charge on any atom is 0.418 e. The Kier molecular flexibility index (Phi) is 6.30. The molecule has 1 unspecified atom stereocenters. The first-order valence-electron chi connectivity index (χ1n) is 8.10. The Morgan fingerprint density at radius 2 is 1.82 bits per heavy atom. The average Bonchev–Trinajstić information content (AvgIpc) is 2.60. The van der Waals surface area contributed by atoms with Crippen LogP contribution in [0.5, 0.6) is 0 Å². The lowest BCUT2D eigenvalue weighted by Gasteiger charge is -2.19.